The third-order valence-corrected chi connectivity index (χ3v) is 5.30. The molecule has 3 rings (SSSR count). The van der Waals surface area contributed by atoms with Crippen LogP contribution in [0.3, 0.4) is 0 Å². The predicted molar refractivity (Wildman–Crippen MR) is 92.6 cm³/mol. The van der Waals surface area contributed by atoms with E-state index in [0.717, 1.165) is 43.0 Å². The highest BCUT2D eigenvalue weighted by atomic mass is 16.3. The number of nitrogens with zero attached hydrogens (tertiary/aromatic N) is 3. The Morgan fingerprint density at radius 1 is 1.42 bits per heavy atom. The first kappa shape index (κ1) is 16.8. The van der Waals surface area contributed by atoms with Gasteiger partial charge in [0.05, 0.1) is 18.0 Å². The summed E-state index contributed by atoms with van der Waals surface area (Å²) in [4.78, 5) is 14.9. The molecule has 0 aliphatic carbocycles. The summed E-state index contributed by atoms with van der Waals surface area (Å²) >= 11 is 0. The van der Waals surface area contributed by atoms with Crippen molar-refractivity contribution in [3.05, 3.63) is 41.1 Å². The van der Waals surface area contributed by atoms with Gasteiger partial charge in [0, 0.05) is 25.7 Å². The molecule has 0 N–H and O–H groups in total. The van der Waals surface area contributed by atoms with Crippen molar-refractivity contribution in [3.8, 4) is 0 Å². The monoisotopic (exact) mass is 329 g/mol. The molecule has 130 valence electrons. The van der Waals surface area contributed by atoms with Gasteiger partial charge in [-0.05, 0) is 56.7 Å². The van der Waals surface area contributed by atoms with E-state index in [4.69, 9.17) is 4.42 Å². The zero-order chi connectivity index (χ0) is 17.3. The van der Waals surface area contributed by atoms with E-state index in [2.05, 4.69) is 18.9 Å². The second-order valence-corrected chi connectivity index (χ2v) is 7.02. The first-order valence-corrected chi connectivity index (χ1v) is 8.79. The molecule has 1 aliphatic heterocycles. The zero-order valence-electron chi connectivity index (χ0n) is 15.1. The number of piperidine rings is 1. The summed E-state index contributed by atoms with van der Waals surface area (Å²) in [5, 5.41) is 4.44. The van der Waals surface area contributed by atoms with Crippen LogP contribution in [-0.2, 0) is 18.3 Å². The average Bonchev–Trinajstić information content (AvgIpc) is 3.15. The van der Waals surface area contributed by atoms with Crippen LogP contribution in [0.4, 0.5) is 0 Å². The molecule has 1 aliphatic rings. The molecule has 3 heterocycles. The van der Waals surface area contributed by atoms with Gasteiger partial charge in [0.1, 0.15) is 5.76 Å². The summed E-state index contributed by atoms with van der Waals surface area (Å²) < 4.78 is 7.49. The Hall–Kier alpha value is -2.04. The van der Waals surface area contributed by atoms with E-state index in [9.17, 15) is 4.79 Å². The van der Waals surface area contributed by atoms with E-state index in [1.807, 2.05) is 35.7 Å². The minimum Gasteiger partial charge on any atom is -0.467 e. The molecule has 0 radical (unpaired) electrons. The molecule has 5 nitrogen and oxygen atoms in total. The predicted octanol–water partition coefficient (Wildman–Crippen LogP) is 3.56. The number of rotatable bonds is 4. The molecule has 2 atom stereocenters. The van der Waals surface area contributed by atoms with Crippen molar-refractivity contribution >= 4 is 5.91 Å². The number of carbonyl (C=O) groups is 1. The first-order chi connectivity index (χ1) is 11.5. The highest BCUT2D eigenvalue weighted by Gasteiger charge is 2.32. The smallest absolute Gasteiger partial charge is 0.223 e. The zero-order valence-corrected chi connectivity index (χ0v) is 15.1. The summed E-state index contributed by atoms with van der Waals surface area (Å²) in [6.45, 7) is 7.14. The van der Waals surface area contributed by atoms with Gasteiger partial charge in [-0.2, -0.15) is 5.10 Å². The SMILES string of the molecule is Cc1nn(C)c(C)c1CCC(=O)N1CC[C@H](C)C[C@@H]1c1ccco1. The molecule has 1 amide bonds. The van der Waals surface area contributed by atoms with Gasteiger partial charge in [-0.1, -0.05) is 6.92 Å². The molecule has 2 aromatic heterocycles. The quantitative estimate of drug-likeness (QED) is 0.862. The van der Waals surface area contributed by atoms with Crippen molar-refractivity contribution in [1.29, 1.82) is 0 Å². The van der Waals surface area contributed by atoms with Crippen molar-refractivity contribution in [1.82, 2.24) is 14.7 Å². The maximum absolute atomic E-state index is 12.9. The van der Waals surface area contributed by atoms with Gasteiger partial charge in [-0.25, -0.2) is 0 Å². The van der Waals surface area contributed by atoms with E-state index in [0.29, 0.717) is 12.3 Å². The summed E-state index contributed by atoms with van der Waals surface area (Å²) in [6.07, 6.45) is 5.01. The van der Waals surface area contributed by atoms with Crippen LogP contribution in [-0.4, -0.2) is 27.1 Å². The Morgan fingerprint density at radius 3 is 2.83 bits per heavy atom. The Balaban J connectivity index is 1.71. The number of furan rings is 1. The van der Waals surface area contributed by atoms with E-state index < -0.39 is 0 Å². The minimum absolute atomic E-state index is 0.0762. The van der Waals surface area contributed by atoms with Crippen LogP contribution in [0.5, 0.6) is 0 Å². The van der Waals surface area contributed by atoms with E-state index in [1.54, 1.807) is 6.26 Å². The molecule has 0 spiro atoms. The van der Waals surface area contributed by atoms with Crippen molar-refractivity contribution in [3.63, 3.8) is 0 Å². The van der Waals surface area contributed by atoms with Crippen LogP contribution >= 0.6 is 0 Å². The second-order valence-electron chi connectivity index (χ2n) is 7.02. The van der Waals surface area contributed by atoms with E-state index in [1.165, 1.54) is 5.56 Å². The standard InChI is InChI=1S/C19H27N3O2/c1-13-9-10-22(17(12-13)18-6-5-11-24-18)19(23)8-7-16-14(2)20-21(4)15(16)3/h5-6,11,13,17H,7-10,12H2,1-4H3/t13-,17+/m0/s1. The van der Waals surface area contributed by atoms with Crippen LogP contribution < -0.4 is 0 Å². The highest BCUT2D eigenvalue weighted by Crippen LogP contribution is 2.34. The maximum atomic E-state index is 12.9. The van der Waals surface area contributed by atoms with Gasteiger partial charge < -0.3 is 9.32 Å². The molecule has 0 bridgehead atoms. The lowest BCUT2D eigenvalue weighted by Crippen LogP contribution is -2.40. The number of carbonyl (C=O) groups excluding carboxylic acids is 1. The van der Waals surface area contributed by atoms with Crippen molar-refractivity contribution in [2.24, 2.45) is 13.0 Å². The van der Waals surface area contributed by atoms with Crippen LogP contribution in [0.1, 0.15) is 54.9 Å². The van der Waals surface area contributed by atoms with E-state index in [-0.39, 0.29) is 11.9 Å². The number of amides is 1. The van der Waals surface area contributed by atoms with E-state index >= 15 is 0 Å². The Kier molecular flexibility index (Phi) is 4.78. The Morgan fingerprint density at radius 2 is 2.21 bits per heavy atom. The van der Waals surface area contributed by atoms with Crippen molar-refractivity contribution < 1.29 is 9.21 Å². The molecule has 5 heteroatoms. The fraction of sp³-hybridized carbons (Fsp3) is 0.579. The summed E-state index contributed by atoms with van der Waals surface area (Å²) in [5.74, 6) is 1.74. The van der Waals surface area contributed by atoms with Crippen molar-refractivity contribution in [2.45, 2.75) is 52.5 Å². The Bertz CT molecular complexity index is 703. The van der Waals surface area contributed by atoms with Gasteiger partial charge in [0.25, 0.3) is 0 Å². The van der Waals surface area contributed by atoms with Crippen molar-refractivity contribution in [2.75, 3.05) is 6.54 Å². The fourth-order valence-corrected chi connectivity index (χ4v) is 3.75. The first-order valence-electron chi connectivity index (χ1n) is 8.79. The molecular weight excluding hydrogens is 302 g/mol. The van der Waals surface area contributed by atoms with Crippen LogP contribution in [0, 0.1) is 19.8 Å². The molecule has 1 fully saturated rings. The number of aromatic nitrogens is 2. The van der Waals surface area contributed by atoms with Gasteiger partial charge in [-0.15, -0.1) is 0 Å². The average molecular weight is 329 g/mol. The van der Waals surface area contributed by atoms with Gasteiger partial charge in [-0.3, -0.25) is 9.48 Å². The molecule has 0 unspecified atom stereocenters. The maximum Gasteiger partial charge on any atom is 0.223 e. The number of aryl methyl sites for hydroxylation is 2. The molecule has 0 saturated carbocycles. The molecule has 1 saturated heterocycles. The minimum atomic E-state index is 0.0762. The highest BCUT2D eigenvalue weighted by molar-refractivity contribution is 5.77. The molecule has 0 aromatic carbocycles. The van der Waals surface area contributed by atoms with Gasteiger partial charge in [0.2, 0.25) is 5.91 Å². The Labute approximate surface area is 143 Å². The molecular formula is C19H27N3O2. The van der Waals surface area contributed by atoms with Crippen LogP contribution in [0.2, 0.25) is 0 Å². The summed E-state index contributed by atoms with van der Waals surface area (Å²) in [6, 6.07) is 3.96. The lowest BCUT2D eigenvalue weighted by molar-refractivity contribution is -0.136. The second kappa shape index (κ2) is 6.83. The third-order valence-electron chi connectivity index (χ3n) is 5.30. The van der Waals surface area contributed by atoms with Gasteiger partial charge in [0.15, 0.2) is 0 Å². The molecule has 24 heavy (non-hydrogen) atoms. The summed E-state index contributed by atoms with van der Waals surface area (Å²) in [5.41, 5.74) is 3.37. The van der Waals surface area contributed by atoms with Gasteiger partial charge >= 0.3 is 0 Å². The third kappa shape index (κ3) is 3.25. The normalized spacial score (nSPS) is 21.2. The largest absolute Gasteiger partial charge is 0.467 e. The number of likely N-dealkylation sites (tertiary alicyclic amines) is 1. The summed E-state index contributed by atoms with van der Waals surface area (Å²) in [7, 11) is 1.95. The molecule has 2 aromatic rings. The lowest BCUT2D eigenvalue weighted by atomic mass is 9.90. The van der Waals surface area contributed by atoms with Crippen LogP contribution in [0.15, 0.2) is 22.8 Å². The fourth-order valence-electron chi connectivity index (χ4n) is 3.75. The number of hydrogen-bond acceptors (Lipinski definition) is 3. The van der Waals surface area contributed by atoms with Crippen LogP contribution in [0.25, 0.3) is 0 Å². The topological polar surface area (TPSA) is 51.3 Å². The lowest BCUT2D eigenvalue weighted by Gasteiger charge is -2.37. The number of hydrogen-bond donors (Lipinski definition) is 0.